The Morgan fingerprint density at radius 1 is 0.939 bits per heavy atom. The van der Waals surface area contributed by atoms with Gasteiger partial charge in [0, 0.05) is 50.2 Å². The number of piperazine rings is 1. The maximum Gasteiger partial charge on any atom is 0.231 e. The first-order valence-corrected chi connectivity index (χ1v) is 11.2. The van der Waals surface area contributed by atoms with E-state index in [1.807, 2.05) is 18.2 Å². The van der Waals surface area contributed by atoms with Gasteiger partial charge in [-0.1, -0.05) is 24.3 Å². The van der Waals surface area contributed by atoms with E-state index in [1.54, 1.807) is 6.33 Å². The molecule has 1 fully saturated rings. The van der Waals surface area contributed by atoms with E-state index in [0.29, 0.717) is 0 Å². The molecule has 0 aliphatic carbocycles. The van der Waals surface area contributed by atoms with Gasteiger partial charge in [0.1, 0.15) is 17.8 Å². The number of rotatable bonds is 5. The van der Waals surface area contributed by atoms with Gasteiger partial charge in [-0.15, -0.1) is 0 Å². The molecule has 8 heteroatoms. The smallest absolute Gasteiger partial charge is 0.231 e. The molecule has 0 radical (unpaired) electrons. The van der Waals surface area contributed by atoms with Crippen LogP contribution in [-0.4, -0.2) is 64.8 Å². The number of hydrogen-bond donors (Lipinski definition) is 2. The molecule has 4 aromatic rings. The Hall–Kier alpha value is -3.62. The molecule has 0 saturated carbocycles. The Balaban J connectivity index is 1.21. The molecule has 6 rings (SSSR count). The summed E-state index contributed by atoms with van der Waals surface area (Å²) in [5.74, 6) is 2.23. The number of aromatic nitrogens is 3. The van der Waals surface area contributed by atoms with Crippen LogP contribution in [0.2, 0.25) is 0 Å². The summed E-state index contributed by atoms with van der Waals surface area (Å²) in [4.78, 5) is 17.2. The van der Waals surface area contributed by atoms with E-state index in [1.165, 1.54) is 5.56 Å². The monoisotopic (exact) mass is 442 g/mol. The van der Waals surface area contributed by atoms with Crippen molar-refractivity contribution in [1.82, 2.24) is 24.8 Å². The van der Waals surface area contributed by atoms with Gasteiger partial charge in [0.05, 0.1) is 5.39 Å². The predicted molar refractivity (Wildman–Crippen MR) is 128 cm³/mol. The molecule has 2 aromatic carbocycles. The molecule has 0 bridgehead atoms. The molecule has 8 nitrogen and oxygen atoms in total. The zero-order chi connectivity index (χ0) is 22.2. The Morgan fingerprint density at radius 3 is 2.61 bits per heavy atom. The highest BCUT2D eigenvalue weighted by Crippen LogP contribution is 2.36. The van der Waals surface area contributed by atoms with Crippen LogP contribution in [0.25, 0.3) is 22.3 Å². The minimum absolute atomic E-state index is 0.256. The van der Waals surface area contributed by atoms with Crippen molar-refractivity contribution < 1.29 is 9.47 Å². The van der Waals surface area contributed by atoms with Gasteiger partial charge in [-0.05, 0) is 36.4 Å². The molecule has 33 heavy (non-hydrogen) atoms. The fourth-order valence-corrected chi connectivity index (χ4v) is 4.36. The summed E-state index contributed by atoms with van der Waals surface area (Å²) in [6, 6.07) is 16.7. The standard InChI is InChI=1S/C25H26N6O2/c1-30-8-10-31(11-9-30)14-17-2-4-18(5-3-17)21-13-20-24(26-15-27-25(20)29-21)28-19-6-7-22-23(12-19)33-16-32-22/h2-7,12-13,15H,8-11,14,16H2,1H3,(H2,26,27,28,29). The minimum atomic E-state index is 0.256. The second-order valence-electron chi connectivity index (χ2n) is 8.64. The maximum absolute atomic E-state index is 5.48. The fourth-order valence-electron chi connectivity index (χ4n) is 4.36. The van der Waals surface area contributed by atoms with E-state index in [-0.39, 0.29) is 6.79 Å². The number of nitrogens with one attached hydrogen (secondary N) is 2. The van der Waals surface area contributed by atoms with Gasteiger partial charge < -0.3 is 24.7 Å². The van der Waals surface area contributed by atoms with Gasteiger partial charge in [0.15, 0.2) is 11.5 Å². The van der Waals surface area contributed by atoms with E-state index in [0.717, 1.165) is 78.0 Å². The Morgan fingerprint density at radius 2 is 1.76 bits per heavy atom. The normalized spacial score (nSPS) is 16.4. The van der Waals surface area contributed by atoms with E-state index in [9.17, 15) is 0 Å². The van der Waals surface area contributed by atoms with Crippen LogP contribution in [0.1, 0.15) is 5.56 Å². The second kappa shape index (κ2) is 8.38. The first-order valence-electron chi connectivity index (χ1n) is 11.2. The van der Waals surface area contributed by atoms with Crippen LogP contribution in [0.5, 0.6) is 11.5 Å². The number of aromatic amines is 1. The lowest BCUT2D eigenvalue weighted by atomic mass is 10.1. The third-order valence-electron chi connectivity index (χ3n) is 6.33. The maximum atomic E-state index is 5.48. The predicted octanol–water partition coefficient (Wildman–Crippen LogP) is 3.84. The van der Waals surface area contributed by atoms with Crippen molar-refractivity contribution in [2.75, 3.05) is 45.3 Å². The number of H-pyrrole nitrogens is 1. The number of ether oxygens (including phenoxy) is 2. The van der Waals surface area contributed by atoms with Crippen molar-refractivity contribution in [2.24, 2.45) is 0 Å². The topological polar surface area (TPSA) is 78.5 Å². The Kier molecular flexibility index (Phi) is 5.09. The molecule has 168 valence electrons. The van der Waals surface area contributed by atoms with Crippen LogP contribution in [0.3, 0.4) is 0 Å². The van der Waals surface area contributed by atoms with Crippen LogP contribution in [0.15, 0.2) is 54.9 Å². The summed E-state index contributed by atoms with van der Waals surface area (Å²) in [7, 11) is 2.19. The third-order valence-corrected chi connectivity index (χ3v) is 6.33. The first kappa shape index (κ1) is 20.0. The van der Waals surface area contributed by atoms with Crippen molar-refractivity contribution in [1.29, 1.82) is 0 Å². The number of hydrogen-bond acceptors (Lipinski definition) is 7. The van der Waals surface area contributed by atoms with Gasteiger partial charge in [-0.3, -0.25) is 4.90 Å². The van der Waals surface area contributed by atoms with Crippen LogP contribution in [0.4, 0.5) is 11.5 Å². The van der Waals surface area contributed by atoms with Gasteiger partial charge in [-0.25, -0.2) is 9.97 Å². The molecule has 0 atom stereocenters. The second-order valence-corrected chi connectivity index (χ2v) is 8.64. The molecule has 2 aliphatic heterocycles. The number of nitrogens with zero attached hydrogens (tertiary/aromatic N) is 4. The van der Waals surface area contributed by atoms with Crippen molar-refractivity contribution >= 4 is 22.5 Å². The number of fused-ring (bicyclic) bond motifs is 2. The Bertz CT molecular complexity index is 1280. The molecule has 1 saturated heterocycles. The highest BCUT2D eigenvalue weighted by atomic mass is 16.7. The van der Waals surface area contributed by atoms with Crippen molar-refractivity contribution in [2.45, 2.75) is 6.54 Å². The number of likely N-dealkylation sites (N-methyl/N-ethyl adjacent to an activating group) is 1. The molecular formula is C25H26N6O2. The molecule has 2 N–H and O–H groups in total. The Labute approximate surface area is 192 Å². The van der Waals surface area contributed by atoms with Crippen molar-refractivity contribution in [3.63, 3.8) is 0 Å². The zero-order valence-corrected chi connectivity index (χ0v) is 18.5. The van der Waals surface area contributed by atoms with Crippen LogP contribution in [-0.2, 0) is 6.54 Å². The summed E-state index contributed by atoms with van der Waals surface area (Å²) < 4.78 is 10.9. The van der Waals surface area contributed by atoms with Gasteiger partial charge >= 0.3 is 0 Å². The molecule has 2 aliphatic rings. The first-order chi connectivity index (χ1) is 16.2. The summed E-state index contributed by atoms with van der Waals surface area (Å²) >= 11 is 0. The van der Waals surface area contributed by atoms with E-state index < -0.39 is 0 Å². The fraction of sp³-hybridized carbons (Fsp3) is 0.280. The molecular weight excluding hydrogens is 416 g/mol. The van der Waals surface area contributed by atoms with Crippen LogP contribution in [0, 0.1) is 0 Å². The quantitative estimate of drug-likeness (QED) is 0.486. The summed E-state index contributed by atoms with van der Waals surface area (Å²) in [6.45, 7) is 5.77. The highest BCUT2D eigenvalue weighted by Gasteiger charge is 2.16. The van der Waals surface area contributed by atoms with Crippen molar-refractivity contribution in [3.8, 4) is 22.8 Å². The van der Waals surface area contributed by atoms with E-state index in [4.69, 9.17) is 9.47 Å². The summed E-state index contributed by atoms with van der Waals surface area (Å²) in [5.41, 5.74) is 5.17. The van der Waals surface area contributed by atoms with Gasteiger partial charge in [0.25, 0.3) is 0 Å². The summed E-state index contributed by atoms with van der Waals surface area (Å²) in [5, 5.41) is 4.32. The minimum Gasteiger partial charge on any atom is -0.454 e. The average Bonchev–Trinajstić information content (AvgIpc) is 3.48. The average molecular weight is 443 g/mol. The molecule has 0 unspecified atom stereocenters. The van der Waals surface area contributed by atoms with Crippen LogP contribution < -0.4 is 14.8 Å². The van der Waals surface area contributed by atoms with Gasteiger partial charge in [0.2, 0.25) is 6.79 Å². The third kappa shape index (κ3) is 4.10. The van der Waals surface area contributed by atoms with Crippen LogP contribution >= 0.6 is 0 Å². The van der Waals surface area contributed by atoms with Gasteiger partial charge in [-0.2, -0.15) is 0 Å². The number of anilines is 2. The zero-order valence-electron chi connectivity index (χ0n) is 18.5. The SMILES string of the molecule is CN1CCN(Cc2ccc(-c3cc4c(Nc5ccc6c(c5)OCO6)ncnc4[nH]3)cc2)CC1. The molecule has 4 heterocycles. The molecule has 0 spiro atoms. The molecule has 2 aromatic heterocycles. The number of benzene rings is 2. The van der Waals surface area contributed by atoms with E-state index in [2.05, 4.69) is 67.4 Å². The summed E-state index contributed by atoms with van der Waals surface area (Å²) in [6.07, 6.45) is 1.57. The lowest BCUT2D eigenvalue weighted by molar-refractivity contribution is 0.148. The largest absolute Gasteiger partial charge is 0.454 e. The molecule has 0 amide bonds. The lowest BCUT2D eigenvalue weighted by Crippen LogP contribution is -2.43. The highest BCUT2D eigenvalue weighted by molar-refractivity contribution is 5.93. The van der Waals surface area contributed by atoms with E-state index >= 15 is 0 Å². The lowest BCUT2D eigenvalue weighted by Gasteiger charge is -2.32. The van der Waals surface area contributed by atoms with Crippen molar-refractivity contribution in [3.05, 3.63) is 60.4 Å².